The summed E-state index contributed by atoms with van der Waals surface area (Å²) in [6.07, 6.45) is 5.37. The van der Waals surface area contributed by atoms with Gasteiger partial charge >= 0.3 is 0 Å². The Kier molecular flexibility index (Phi) is 7.57. The summed E-state index contributed by atoms with van der Waals surface area (Å²) in [5.74, 6) is 0.342. The highest BCUT2D eigenvalue weighted by Crippen LogP contribution is 2.50. The maximum absolute atomic E-state index is 11.5. The van der Waals surface area contributed by atoms with E-state index in [9.17, 15) is 10.4 Å². The van der Waals surface area contributed by atoms with Gasteiger partial charge in [0.05, 0.1) is 13.3 Å². The zero-order valence-electron chi connectivity index (χ0n) is 21.1. The van der Waals surface area contributed by atoms with Crippen molar-refractivity contribution >= 4 is 5.69 Å². The predicted octanol–water partition coefficient (Wildman–Crippen LogP) is 2.56. The lowest BCUT2D eigenvalue weighted by Crippen LogP contribution is -2.56. The molecule has 2 heterocycles. The minimum absolute atomic E-state index is 0.0433. The van der Waals surface area contributed by atoms with Crippen LogP contribution in [0.15, 0.2) is 36.5 Å². The van der Waals surface area contributed by atoms with Gasteiger partial charge in [0.25, 0.3) is 0 Å². The number of hydrogen-bond acceptors (Lipinski definition) is 9. The van der Waals surface area contributed by atoms with Crippen molar-refractivity contribution in [2.75, 3.05) is 52.9 Å². The predicted molar refractivity (Wildman–Crippen MR) is 133 cm³/mol. The van der Waals surface area contributed by atoms with Crippen molar-refractivity contribution in [1.29, 1.82) is 5.26 Å². The van der Waals surface area contributed by atoms with E-state index in [0.29, 0.717) is 31.3 Å². The third-order valence-corrected chi connectivity index (χ3v) is 7.89. The number of hydrogen-bond donors (Lipinski definition) is 1. The highest BCUT2D eigenvalue weighted by molar-refractivity contribution is 5.56. The van der Waals surface area contributed by atoms with E-state index >= 15 is 0 Å². The van der Waals surface area contributed by atoms with E-state index in [1.54, 1.807) is 13.3 Å². The van der Waals surface area contributed by atoms with Gasteiger partial charge in [0, 0.05) is 37.9 Å². The average molecular weight is 481 g/mol. The van der Waals surface area contributed by atoms with Crippen LogP contribution < -0.4 is 9.64 Å². The molecule has 0 radical (unpaired) electrons. The van der Waals surface area contributed by atoms with Gasteiger partial charge in [0.1, 0.15) is 11.8 Å². The highest BCUT2D eigenvalue weighted by atomic mass is 16.5. The van der Waals surface area contributed by atoms with Crippen LogP contribution in [0.5, 0.6) is 5.88 Å². The molecule has 188 valence electrons. The topological polar surface area (TPSA) is 98.0 Å². The van der Waals surface area contributed by atoms with E-state index in [2.05, 4.69) is 64.2 Å². The molecule has 2 aromatic rings. The molecule has 1 aliphatic carbocycles. The fourth-order valence-corrected chi connectivity index (χ4v) is 5.92. The molecule has 1 saturated heterocycles. The van der Waals surface area contributed by atoms with Crippen molar-refractivity contribution in [3.05, 3.63) is 47.9 Å². The Bertz CT molecular complexity index is 1030. The van der Waals surface area contributed by atoms with Gasteiger partial charge in [-0.3, -0.25) is 9.80 Å². The van der Waals surface area contributed by atoms with Gasteiger partial charge < -0.3 is 19.5 Å². The van der Waals surface area contributed by atoms with Crippen molar-refractivity contribution in [3.63, 3.8) is 0 Å². The Balaban J connectivity index is 1.66. The Morgan fingerprint density at radius 2 is 1.89 bits per heavy atom. The molecule has 9 nitrogen and oxygen atoms in total. The van der Waals surface area contributed by atoms with Crippen LogP contribution in [0.3, 0.4) is 0 Å². The Hall–Kier alpha value is -2.77. The summed E-state index contributed by atoms with van der Waals surface area (Å²) in [7, 11) is 7.55. The Morgan fingerprint density at radius 1 is 1.17 bits per heavy atom. The summed E-state index contributed by atoms with van der Waals surface area (Å²) in [5.41, 5.74) is 1.68. The lowest BCUT2D eigenvalue weighted by Gasteiger charge is -2.51. The average Bonchev–Trinajstić information content (AvgIpc) is 3.15. The number of nitriles is 1. The van der Waals surface area contributed by atoms with Gasteiger partial charge in [-0.15, -0.1) is 0 Å². The van der Waals surface area contributed by atoms with Crippen molar-refractivity contribution in [2.24, 2.45) is 0 Å². The molecular weight excluding hydrogens is 444 g/mol. The maximum Gasteiger partial charge on any atom is 0.241 e. The molecule has 35 heavy (non-hydrogen) atoms. The molecule has 1 N–H and O–H groups in total. The molecule has 0 amide bonds. The van der Waals surface area contributed by atoms with Gasteiger partial charge in [-0.25, -0.2) is 4.98 Å². The van der Waals surface area contributed by atoms with Gasteiger partial charge in [-0.1, -0.05) is 30.3 Å². The molecule has 1 atom stereocenters. The van der Waals surface area contributed by atoms with Crippen LogP contribution in [-0.2, 0) is 10.3 Å². The van der Waals surface area contributed by atoms with E-state index in [4.69, 9.17) is 9.47 Å². The van der Waals surface area contributed by atoms with Crippen LogP contribution in [0.25, 0.3) is 0 Å². The number of methoxy groups -OCH3 is 2. The van der Waals surface area contributed by atoms with Gasteiger partial charge in [0.15, 0.2) is 6.35 Å². The zero-order chi connectivity index (χ0) is 25.1. The second kappa shape index (κ2) is 10.5. The van der Waals surface area contributed by atoms with E-state index in [1.165, 1.54) is 12.7 Å². The summed E-state index contributed by atoms with van der Waals surface area (Å²) >= 11 is 0. The Morgan fingerprint density at radius 3 is 2.49 bits per heavy atom. The third-order valence-electron chi connectivity index (χ3n) is 7.89. The summed E-state index contributed by atoms with van der Waals surface area (Å²) in [5, 5.41) is 20.7. The molecule has 2 aliphatic rings. The first kappa shape index (κ1) is 25.3. The molecule has 1 aromatic carbocycles. The van der Waals surface area contributed by atoms with Gasteiger partial charge in [0.2, 0.25) is 11.7 Å². The first-order chi connectivity index (χ1) is 16.9. The van der Waals surface area contributed by atoms with Gasteiger partial charge in [-0.2, -0.15) is 10.2 Å². The molecule has 1 aliphatic heterocycles. The standard InChI is InChI=1S/C26H36N6O3/c1-30(2)26(20-9-6-5-7-10-20)13-11-25(12-14-26)19-31(24(33)32(25)15-8-16-34-3)21-18-28-22(17-27)29-23(21)35-4/h5-7,9-10,18,24,33H,8,11-16,19H2,1-4H3. The van der Waals surface area contributed by atoms with E-state index in [1.807, 2.05) is 11.0 Å². The summed E-state index contributed by atoms with van der Waals surface area (Å²) in [6, 6.07) is 12.7. The van der Waals surface area contributed by atoms with Crippen LogP contribution >= 0.6 is 0 Å². The Labute approximate surface area is 207 Å². The highest BCUT2D eigenvalue weighted by Gasteiger charge is 2.55. The van der Waals surface area contributed by atoms with E-state index in [0.717, 1.165) is 32.1 Å². The van der Waals surface area contributed by atoms with Crippen LogP contribution in [0.2, 0.25) is 0 Å². The fourth-order valence-electron chi connectivity index (χ4n) is 5.92. The molecule has 0 bridgehead atoms. The molecule has 1 saturated carbocycles. The first-order valence-corrected chi connectivity index (χ1v) is 12.2. The lowest BCUT2D eigenvalue weighted by molar-refractivity contribution is -0.0557. The number of aliphatic hydroxyl groups excluding tert-OH is 1. The number of rotatable bonds is 8. The van der Waals surface area contributed by atoms with Gasteiger partial charge in [-0.05, 0) is 51.8 Å². The quantitative estimate of drug-likeness (QED) is 0.572. The van der Waals surface area contributed by atoms with Crippen LogP contribution in [-0.4, -0.2) is 84.8 Å². The van der Waals surface area contributed by atoms with E-state index < -0.39 is 6.35 Å². The first-order valence-electron chi connectivity index (χ1n) is 12.2. The van der Waals surface area contributed by atoms with Crippen molar-refractivity contribution in [2.45, 2.75) is 49.5 Å². The fraction of sp³-hybridized carbons (Fsp3) is 0.577. The normalized spacial score (nSPS) is 26.9. The lowest BCUT2D eigenvalue weighted by atomic mass is 9.68. The molecule has 2 fully saturated rings. The number of benzene rings is 1. The molecule has 4 rings (SSSR count). The minimum atomic E-state index is -0.846. The number of ether oxygens (including phenoxy) is 2. The second-order valence-electron chi connectivity index (χ2n) is 9.73. The number of aromatic nitrogens is 2. The van der Waals surface area contributed by atoms with Crippen LogP contribution in [0.1, 0.15) is 43.5 Å². The maximum atomic E-state index is 11.5. The summed E-state index contributed by atoms with van der Waals surface area (Å²) in [6.45, 7) is 1.98. The number of aliphatic hydroxyl groups is 1. The number of anilines is 1. The van der Waals surface area contributed by atoms with Crippen LogP contribution in [0.4, 0.5) is 5.69 Å². The zero-order valence-corrected chi connectivity index (χ0v) is 21.1. The molecule has 1 aromatic heterocycles. The molecule has 1 unspecified atom stereocenters. The van der Waals surface area contributed by atoms with Crippen molar-refractivity contribution in [3.8, 4) is 11.9 Å². The molecular formula is C26H36N6O3. The largest absolute Gasteiger partial charge is 0.479 e. The van der Waals surface area contributed by atoms with E-state index in [-0.39, 0.29) is 16.9 Å². The summed E-state index contributed by atoms with van der Waals surface area (Å²) in [4.78, 5) is 14.9. The van der Waals surface area contributed by atoms with Crippen molar-refractivity contribution < 1.29 is 14.6 Å². The summed E-state index contributed by atoms with van der Waals surface area (Å²) < 4.78 is 10.8. The smallest absolute Gasteiger partial charge is 0.241 e. The second-order valence-corrected chi connectivity index (χ2v) is 9.73. The van der Waals surface area contributed by atoms with Crippen LogP contribution in [0, 0.1) is 11.3 Å². The minimum Gasteiger partial charge on any atom is -0.479 e. The monoisotopic (exact) mass is 480 g/mol. The molecule has 1 spiro atoms. The third kappa shape index (κ3) is 4.59. The SMILES string of the molecule is COCCCN1C(O)N(c2cnc(C#N)nc2OC)CC12CCC(c1ccccc1)(N(C)C)CC2. The molecule has 9 heteroatoms. The number of nitrogens with zero attached hydrogens (tertiary/aromatic N) is 6. The van der Waals surface area contributed by atoms with Crippen molar-refractivity contribution in [1.82, 2.24) is 19.8 Å².